The number of ether oxygens (including phenoxy) is 1. The molecule has 1 aliphatic rings. The normalized spacial score (nSPS) is 14.0. The Morgan fingerprint density at radius 1 is 0.926 bits per heavy atom. The number of fused-ring (bicyclic) bond motifs is 1. The maximum atomic E-state index is 14.4. The Kier molecular flexibility index (Phi) is 5.22. The van der Waals surface area contributed by atoms with E-state index in [1.807, 2.05) is 6.92 Å². The molecule has 0 saturated carbocycles. The molecule has 0 saturated heterocycles. The van der Waals surface area contributed by atoms with Crippen LogP contribution < -0.4 is 4.74 Å². The van der Waals surface area contributed by atoms with Crippen molar-refractivity contribution < 1.29 is 31.1 Å². The number of allylic oxidation sites excluding steroid dienone is 1. The molecule has 0 aromatic heterocycles. The Labute approximate surface area is 152 Å². The summed E-state index contributed by atoms with van der Waals surface area (Å²) in [5, 5.41) is 0. The van der Waals surface area contributed by atoms with Crippen LogP contribution >= 0.6 is 0 Å². The molecule has 0 unspecified atom stereocenters. The average Bonchev–Trinajstić information content (AvgIpc) is 2.54. The highest BCUT2D eigenvalue weighted by molar-refractivity contribution is 5.85. The fourth-order valence-electron chi connectivity index (χ4n) is 3.26. The first-order valence-corrected chi connectivity index (χ1v) is 8.45. The first kappa shape index (κ1) is 19.3. The van der Waals surface area contributed by atoms with E-state index in [4.69, 9.17) is 0 Å². The van der Waals surface area contributed by atoms with Crippen molar-refractivity contribution in [2.24, 2.45) is 0 Å². The number of aryl methyl sites for hydroxylation is 2. The maximum absolute atomic E-state index is 14.4. The standard InChI is InChI=1S/C20H16F6O/c1-2-3-11-6-16(22)19(17(23)7-11)13-5-4-12-10-18(27-20(24,25)26)15(21)9-14(12)8-13/h6-10H,2-5H2,1H3. The van der Waals surface area contributed by atoms with E-state index in [-0.39, 0.29) is 24.0 Å². The quantitative estimate of drug-likeness (QED) is 0.550. The topological polar surface area (TPSA) is 9.23 Å². The van der Waals surface area contributed by atoms with Crippen molar-refractivity contribution >= 4 is 11.6 Å². The molecular weight excluding hydrogens is 370 g/mol. The van der Waals surface area contributed by atoms with Crippen LogP contribution in [0.2, 0.25) is 0 Å². The zero-order valence-electron chi connectivity index (χ0n) is 14.4. The van der Waals surface area contributed by atoms with Crippen molar-refractivity contribution in [3.63, 3.8) is 0 Å². The lowest BCUT2D eigenvalue weighted by molar-refractivity contribution is -0.275. The molecule has 0 bridgehead atoms. The third-order valence-corrected chi connectivity index (χ3v) is 4.37. The molecule has 0 amide bonds. The Morgan fingerprint density at radius 3 is 2.19 bits per heavy atom. The van der Waals surface area contributed by atoms with Gasteiger partial charge in [0.1, 0.15) is 11.6 Å². The Bertz CT molecular complexity index is 875. The predicted molar refractivity (Wildman–Crippen MR) is 89.6 cm³/mol. The van der Waals surface area contributed by atoms with Crippen LogP contribution in [-0.4, -0.2) is 6.36 Å². The number of halogens is 6. The van der Waals surface area contributed by atoms with Gasteiger partial charge in [-0.1, -0.05) is 19.4 Å². The van der Waals surface area contributed by atoms with Gasteiger partial charge in [0.05, 0.1) is 0 Å². The molecule has 0 aliphatic heterocycles. The van der Waals surface area contributed by atoms with E-state index in [1.165, 1.54) is 18.2 Å². The smallest absolute Gasteiger partial charge is 0.403 e. The van der Waals surface area contributed by atoms with E-state index < -0.39 is 29.6 Å². The highest BCUT2D eigenvalue weighted by Crippen LogP contribution is 2.37. The second kappa shape index (κ2) is 7.29. The SMILES string of the molecule is CCCc1cc(F)c(C2=Cc3cc(F)c(OC(F)(F)F)cc3CC2)c(F)c1. The Morgan fingerprint density at radius 2 is 1.59 bits per heavy atom. The van der Waals surface area contributed by atoms with Crippen molar-refractivity contribution in [1.29, 1.82) is 0 Å². The fourth-order valence-corrected chi connectivity index (χ4v) is 3.26. The number of hydrogen-bond donors (Lipinski definition) is 0. The van der Waals surface area contributed by atoms with Crippen LogP contribution in [0.1, 0.15) is 42.0 Å². The van der Waals surface area contributed by atoms with Gasteiger partial charge in [-0.15, -0.1) is 13.2 Å². The zero-order chi connectivity index (χ0) is 19.8. The second-order valence-corrected chi connectivity index (χ2v) is 6.38. The number of benzene rings is 2. The molecule has 0 heterocycles. The summed E-state index contributed by atoms with van der Waals surface area (Å²) >= 11 is 0. The van der Waals surface area contributed by atoms with Gasteiger partial charge in [-0.05, 0) is 65.8 Å². The summed E-state index contributed by atoms with van der Waals surface area (Å²) in [5.74, 6) is -3.52. The lowest BCUT2D eigenvalue weighted by Gasteiger charge is -2.20. The first-order chi connectivity index (χ1) is 12.7. The van der Waals surface area contributed by atoms with Crippen molar-refractivity contribution in [2.75, 3.05) is 0 Å². The minimum Gasteiger partial charge on any atom is -0.403 e. The van der Waals surface area contributed by atoms with Crippen molar-refractivity contribution in [1.82, 2.24) is 0 Å². The van der Waals surface area contributed by atoms with Crippen LogP contribution in [-0.2, 0) is 12.8 Å². The minimum atomic E-state index is -5.00. The Balaban J connectivity index is 1.99. The summed E-state index contributed by atoms with van der Waals surface area (Å²) < 4.78 is 83.4. The average molecular weight is 386 g/mol. The van der Waals surface area contributed by atoms with E-state index in [0.717, 1.165) is 18.6 Å². The van der Waals surface area contributed by atoms with Crippen molar-refractivity contribution in [2.45, 2.75) is 39.0 Å². The Hall–Kier alpha value is -2.44. The summed E-state index contributed by atoms with van der Waals surface area (Å²) in [6.07, 6.45) is -1.88. The van der Waals surface area contributed by atoms with Crippen LogP contribution in [0.3, 0.4) is 0 Å². The lowest BCUT2D eigenvalue weighted by atomic mass is 9.87. The third kappa shape index (κ3) is 4.28. The summed E-state index contributed by atoms with van der Waals surface area (Å²) in [6, 6.07) is 4.41. The van der Waals surface area contributed by atoms with Gasteiger partial charge in [-0.25, -0.2) is 13.2 Å². The maximum Gasteiger partial charge on any atom is 0.573 e. The van der Waals surface area contributed by atoms with Gasteiger partial charge >= 0.3 is 6.36 Å². The predicted octanol–water partition coefficient (Wildman–Crippen LogP) is 6.44. The van der Waals surface area contributed by atoms with Crippen LogP contribution in [0.4, 0.5) is 26.3 Å². The molecule has 0 fully saturated rings. The van der Waals surface area contributed by atoms with E-state index in [1.54, 1.807) is 0 Å². The second-order valence-electron chi connectivity index (χ2n) is 6.38. The molecule has 3 rings (SSSR count). The van der Waals surface area contributed by atoms with Gasteiger partial charge in [0.2, 0.25) is 0 Å². The minimum absolute atomic E-state index is 0.184. The van der Waals surface area contributed by atoms with Gasteiger partial charge in [-0.2, -0.15) is 0 Å². The van der Waals surface area contributed by atoms with Crippen LogP contribution in [0, 0.1) is 17.5 Å². The molecule has 2 aromatic rings. The van der Waals surface area contributed by atoms with Crippen molar-refractivity contribution in [3.05, 3.63) is 64.0 Å². The highest BCUT2D eigenvalue weighted by atomic mass is 19.4. The monoisotopic (exact) mass is 386 g/mol. The van der Waals surface area contributed by atoms with Crippen LogP contribution in [0.15, 0.2) is 24.3 Å². The summed E-state index contributed by atoms with van der Waals surface area (Å²) in [5.41, 5.74) is 1.40. The van der Waals surface area contributed by atoms with E-state index >= 15 is 0 Å². The molecule has 0 N–H and O–H groups in total. The number of rotatable bonds is 4. The van der Waals surface area contributed by atoms with E-state index in [2.05, 4.69) is 4.74 Å². The molecule has 7 heteroatoms. The van der Waals surface area contributed by atoms with Gasteiger partial charge in [0.15, 0.2) is 11.6 Å². The molecule has 0 spiro atoms. The number of alkyl halides is 3. The largest absolute Gasteiger partial charge is 0.573 e. The van der Waals surface area contributed by atoms with Crippen LogP contribution in [0.5, 0.6) is 5.75 Å². The van der Waals surface area contributed by atoms with E-state index in [9.17, 15) is 26.3 Å². The molecule has 1 nitrogen and oxygen atoms in total. The third-order valence-electron chi connectivity index (χ3n) is 4.37. The molecule has 2 aromatic carbocycles. The van der Waals surface area contributed by atoms with Gasteiger partial charge < -0.3 is 4.74 Å². The molecule has 0 radical (unpaired) electrons. The number of hydrogen-bond acceptors (Lipinski definition) is 1. The van der Waals surface area contributed by atoms with Gasteiger partial charge in [0.25, 0.3) is 0 Å². The highest BCUT2D eigenvalue weighted by Gasteiger charge is 2.33. The molecule has 0 atom stereocenters. The van der Waals surface area contributed by atoms with E-state index in [0.29, 0.717) is 23.1 Å². The molecule has 144 valence electrons. The van der Waals surface area contributed by atoms with Crippen molar-refractivity contribution in [3.8, 4) is 5.75 Å². The van der Waals surface area contributed by atoms with Gasteiger partial charge in [0, 0.05) is 5.56 Å². The summed E-state index contributed by atoms with van der Waals surface area (Å²) in [7, 11) is 0. The molecule has 27 heavy (non-hydrogen) atoms. The van der Waals surface area contributed by atoms with Crippen LogP contribution in [0.25, 0.3) is 11.6 Å². The zero-order valence-corrected chi connectivity index (χ0v) is 14.4. The summed E-state index contributed by atoms with van der Waals surface area (Å²) in [6.45, 7) is 1.90. The summed E-state index contributed by atoms with van der Waals surface area (Å²) in [4.78, 5) is 0. The molecule has 1 aliphatic carbocycles. The van der Waals surface area contributed by atoms with Gasteiger partial charge in [-0.3, -0.25) is 0 Å². The first-order valence-electron chi connectivity index (χ1n) is 8.45. The fraction of sp³-hybridized carbons (Fsp3) is 0.300. The lowest BCUT2D eigenvalue weighted by Crippen LogP contribution is -2.18. The molecular formula is C20H16F6O.